The zero-order valence-electron chi connectivity index (χ0n) is 10.6. The average Bonchev–Trinajstić information content (AvgIpc) is 2.21. The molecule has 1 aromatic heterocycles. The van der Waals surface area contributed by atoms with Crippen LogP contribution in [0.2, 0.25) is 0 Å². The van der Waals surface area contributed by atoms with E-state index in [2.05, 4.69) is 15.3 Å². The van der Waals surface area contributed by atoms with Gasteiger partial charge in [-0.1, -0.05) is 25.6 Å². The smallest absolute Gasteiger partial charge is 0.321 e. The van der Waals surface area contributed by atoms with Crippen LogP contribution in [0, 0.1) is 6.92 Å². The van der Waals surface area contributed by atoms with Crippen LogP contribution in [0.15, 0.2) is 16.0 Å². The summed E-state index contributed by atoms with van der Waals surface area (Å²) in [7, 11) is 0. The molecule has 0 aliphatic heterocycles. The van der Waals surface area contributed by atoms with Crippen LogP contribution in [0.1, 0.15) is 19.5 Å². The lowest BCUT2D eigenvalue weighted by molar-refractivity contribution is -0.139. The van der Waals surface area contributed by atoms with E-state index in [1.165, 1.54) is 17.8 Å². The largest absolute Gasteiger partial charge is 0.480 e. The summed E-state index contributed by atoms with van der Waals surface area (Å²) in [4.78, 5) is 29.0. The molecule has 0 bridgehead atoms. The summed E-state index contributed by atoms with van der Waals surface area (Å²) in [6, 6.07) is 0.808. The number of rotatable bonds is 6. The molecule has 1 rings (SSSR count). The summed E-state index contributed by atoms with van der Waals surface area (Å²) in [6.07, 6.45) is 0. The van der Waals surface area contributed by atoms with Crippen LogP contribution < -0.4 is 10.9 Å². The fraction of sp³-hybridized carbons (Fsp3) is 0.545. The van der Waals surface area contributed by atoms with E-state index < -0.39 is 12.0 Å². The molecule has 0 aromatic carbocycles. The molecule has 0 fully saturated rings. The van der Waals surface area contributed by atoms with Gasteiger partial charge in [-0.25, -0.2) is 4.98 Å². The van der Waals surface area contributed by atoms with Crippen molar-refractivity contribution in [1.82, 2.24) is 15.3 Å². The summed E-state index contributed by atoms with van der Waals surface area (Å²) in [5.41, 5.74) is 0.388. The Morgan fingerprint density at radius 3 is 2.78 bits per heavy atom. The average molecular weight is 271 g/mol. The zero-order valence-corrected chi connectivity index (χ0v) is 11.4. The number of thioether (sulfide) groups is 1. The number of carboxylic acid groups (broad SMARTS) is 1. The summed E-state index contributed by atoms with van der Waals surface area (Å²) < 4.78 is 0. The van der Waals surface area contributed by atoms with E-state index in [4.69, 9.17) is 5.11 Å². The number of nitrogens with one attached hydrogen (secondary N) is 2. The van der Waals surface area contributed by atoms with Gasteiger partial charge in [0.2, 0.25) is 0 Å². The second kappa shape index (κ2) is 6.55. The lowest BCUT2D eigenvalue weighted by Crippen LogP contribution is -2.42. The number of aryl methyl sites for hydroxylation is 1. The number of carbonyl (C=O) groups is 1. The van der Waals surface area contributed by atoms with Gasteiger partial charge in [-0.3, -0.25) is 9.59 Å². The van der Waals surface area contributed by atoms with Gasteiger partial charge >= 0.3 is 5.97 Å². The van der Waals surface area contributed by atoms with Gasteiger partial charge in [-0.2, -0.15) is 0 Å². The van der Waals surface area contributed by atoms with Gasteiger partial charge in [-0.05, 0) is 6.92 Å². The third kappa shape index (κ3) is 4.89. The molecule has 1 aromatic rings. The Morgan fingerprint density at radius 2 is 2.28 bits per heavy atom. The fourth-order valence-corrected chi connectivity index (χ4v) is 2.32. The number of aromatic amines is 1. The van der Waals surface area contributed by atoms with E-state index in [0.29, 0.717) is 16.6 Å². The van der Waals surface area contributed by atoms with Gasteiger partial charge in [-0.15, -0.1) is 0 Å². The standard InChI is InChI=1S/C11H17N3O3S/c1-6(2)12-8(10(16)17)5-18-11-13-7(3)4-9(15)14-11/h4,6,8,12H,5H2,1-3H3,(H,16,17)(H,13,14,15). The Hall–Kier alpha value is -1.34. The maximum atomic E-state index is 11.2. The molecule has 0 spiro atoms. The minimum atomic E-state index is -0.911. The molecule has 1 atom stereocenters. The fourth-order valence-electron chi connectivity index (χ4n) is 1.38. The van der Waals surface area contributed by atoms with Crippen LogP contribution in [-0.4, -0.2) is 38.9 Å². The first-order valence-corrected chi connectivity index (χ1v) is 6.56. The van der Waals surface area contributed by atoms with Crippen molar-refractivity contribution in [1.29, 1.82) is 0 Å². The van der Waals surface area contributed by atoms with Gasteiger partial charge in [0.15, 0.2) is 5.16 Å². The first-order chi connectivity index (χ1) is 8.38. The number of aliphatic carboxylic acids is 1. The van der Waals surface area contributed by atoms with Gasteiger partial charge in [0.1, 0.15) is 6.04 Å². The van der Waals surface area contributed by atoms with Crippen LogP contribution in [-0.2, 0) is 4.79 Å². The molecule has 1 unspecified atom stereocenters. The van der Waals surface area contributed by atoms with E-state index in [0.717, 1.165) is 0 Å². The van der Waals surface area contributed by atoms with Crippen molar-refractivity contribution in [2.45, 2.75) is 38.0 Å². The first-order valence-electron chi connectivity index (χ1n) is 5.58. The van der Waals surface area contributed by atoms with E-state index in [9.17, 15) is 9.59 Å². The molecule has 0 aliphatic carbocycles. The third-order valence-electron chi connectivity index (χ3n) is 2.07. The van der Waals surface area contributed by atoms with Crippen molar-refractivity contribution in [2.24, 2.45) is 0 Å². The van der Waals surface area contributed by atoms with E-state index in [1.54, 1.807) is 6.92 Å². The predicted octanol–water partition coefficient (Wildman–Crippen LogP) is 0.622. The lowest BCUT2D eigenvalue weighted by Gasteiger charge is -2.16. The van der Waals surface area contributed by atoms with Gasteiger partial charge in [0, 0.05) is 23.6 Å². The van der Waals surface area contributed by atoms with Gasteiger partial charge < -0.3 is 15.4 Å². The lowest BCUT2D eigenvalue weighted by atomic mass is 10.3. The van der Waals surface area contributed by atoms with Crippen molar-refractivity contribution in [3.63, 3.8) is 0 Å². The monoisotopic (exact) mass is 271 g/mol. The molecule has 0 amide bonds. The van der Waals surface area contributed by atoms with Crippen molar-refractivity contribution < 1.29 is 9.90 Å². The molecular weight excluding hydrogens is 254 g/mol. The molecule has 18 heavy (non-hydrogen) atoms. The number of nitrogens with zero attached hydrogens (tertiary/aromatic N) is 1. The van der Waals surface area contributed by atoms with E-state index in [1.807, 2.05) is 13.8 Å². The molecule has 0 saturated heterocycles. The minimum absolute atomic E-state index is 0.0798. The number of hydrogen-bond donors (Lipinski definition) is 3. The van der Waals surface area contributed by atoms with E-state index >= 15 is 0 Å². The second-order valence-electron chi connectivity index (χ2n) is 4.22. The number of H-pyrrole nitrogens is 1. The zero-order chi connectivity index (χ0) is 13.7. The van der Waals surface area contributed by atoms with Gasteiger partial charge in [0.05, 0.1) is 0 Å². The normalized spacial score (nSPS) is 12.7. The van der Waals surface area contributed by atoms with Crippen LogP contribution in [0.4, 0.5) is 0 Å². The summed E-state index contributed by atoms with van der Waals surface area (Å²) in [6.45, 7) is 5.49. The Kier molecular flexibility index (Phi) is 5.36. The van der Waals surface area contributed by atoms with Crippen LogP contribution in [0.3, 0.4) is 0 Å². The Bertz CT molecular complexity index is 473. The Morgan fingerprint density at radius 1 is 1.61 bits per heavy atom. The first kappa shape index (κ1) is 14.7. The minimum Gasteiger partial charge on any atom is -0.480 e. The quantitative estimate of drug-likeness (QED) is 0.518. The van der Waals surface area contributed by atoms with Crippen LogP contribution in [0.5, 0.6) is 0 Å². The third-order valence-corrected chi connectivity index (χ3v) is 3.03. The van der Waals surface area contributed by atoms with Crippen molar-refractivity contribution >= 4 is 17.7 Å². The molecule has 0 saturated carbocycles. The molecule has 0 radical (unpaired) electrons. The molecule has 6 nitrogen and oxygen atoms in total. The summed E-state index contributed by atoms with van der Waals surface area (Å²) in [5.74, 6) is -0.605. The molecule has 100 valence electrons. The maximum absolute atomic E-state index is 11.2. The number of hydrogen-bond acceptors (Lipinski definition) is 5. The molecular formula is C11H17N3O3S. The van der Waals surface area contributed by atoms with E-state index in [-0.39, 0.29) is 11.6 Å². The highest BCUT2D eigenvalue weighted by Crippen LogP contribution is 2.13. The molecule has 1 heterocycles. The highest BCUT2D eigenvalue weighted by Gasteiger charge is 2.18. The summed E-state index contributed by atoms with van der Waals surface area (Å²) >= 11 is 1.22. The predicted molar refractivity (Wildman–Crippen MR) is 70.0 cm³/mol. The molecule has 3 N–H and O–H groups in total. The SMILES string of the molecule is Cc1cc(=O)[nH]c(SCC(NC(C)C)C(=O)O)n1. The Balaban J connectivity index is 2.66. The molecule has 0 aliphatic rings. The maximum Gasteiger partial charge on any atom is 0.321 e. The highest BCUT2D eigenvalue weighted by atomic mass is 32.2. The van der Waals surface area contributed by atoms with Crippen LogP contribution in [0.25, 0.3) is 0 Å². The second-order valence-corrected chi connectivity index (χ2v) is 5.22. The summed E-state index contributed by atoms with van der Waals surface area (Å²) in [5, 5.41) is 12.4. The van der Waals surface area contributed by atoms with Gasteiger partial charge in [0.25, 0.3) is 5.56 Å². The van der Waals surface area contributed by atoms with Crippen molar-refractivity contribution in [3.05, 3.63) is 22.1 Å². The van der Waals surface area contributed by atoms with Crippen LogP contribution >= 0.6 is 11.8 Å². The number of aromatic nitrogens is 2. The highest BCUT2D eigenvalue weighted by molar-refractivity contribution is 7.99. The van der Waals surface area contributed by atoms with Crippen molar-refractivity contribution in [3.8, 4) is 0 Å². The van der Waals surface area contributed by atoms with Crippen molar-refractivity contribution in [2.75, 3.05) is 5.75 Å². The molecule has 7 heteroatoms. The number of carboxylic acids is 1. The topological polar surface area (TPSA) is 95.1 Å². The Labute approximate surface area is 109 Å².